The number of allylic oxidation sites excluding steroid dienone is 1. The second-order valence-electron chi connectivity index (χ2n) is 6.81. The molecule has 0 bridgehead atoms. The normalized spacial score (nSPS) is 13.0. The van der Waals surface area contributed by atoms with Crippen molar-refractivity contribution in [1.29, 1.82) is 0 Å². The number of halogens is 1. The zero-order chi connectivity index (χ0) is 21.0. The van der Waals surface area contributed by atoms with Crippen LogP contribution in [-0.2, 0) is 12.1 Å². The quantitative estimate of drug-likeness (QED) is 0.546. The molecule has 3 aromatic rings. The molecule has 0 atom stereocenters. The Morgan fingerprint density at radius 3 is 2.76 bits per heavy atom. The maximum absolute atomic E-state index is 13.9. The first-order valence-electron chi connectivity index (χ1n) is 8.74. The number of aliphatic hydroxyl groups is 1. The summed E-state index contributed by atoms with van der Waals surface area (Å²) in [6.45, 7) is 3.02. The molecule has 0 fully saturated rings. The van der Waals surface area contributed by atoms with Crippen molar-refractivity contribution in [3.8, 4) is 0 Å². The van der Waals surface area contributed by atoms with Gasteiger partial charge in [-0.05, 0) is 26.0 Å². The van der Waals surface area contributed by atoms with Gasteiger partial charge in [0.1, 0.15) is 17.8 Å². The summed E-state index contributed by atoms with van der Waals surface area (Å²) >= 11 is 0. The molecule has 1 aromatic carbocycles. The Morgan fingerprint density at radius 2 is 2.14 bits per heavy atom. The van der Waals surface area contributed by atoms with Gasteiger partial charge in [-0.3, -0.25) is 9.79 Å². The van der Waals surface area contributed by atoms with Crippen LogP contribution in [0.4, 0.5) is 4.39 Å². The number of rotatable bonds is 6. The molecule has 0 saturated carbocycles. The molecule has 2 heterocycles. The van der Waals surface area contributed by atoms with E-state index in [1.165, 1.54) is 38.4 Å². The number of nitrogens with one attached hydrogen (secondary N) is 1. The summed E-state index contributed by atoms with van der Waals surface area (Å²) in [5.74, 6) is -0.272. The fourth-order valence-corrected chi connectivity index (χ4v) is 2.54. The van der Waals surface area contributed by atoms with Gasteiger partial charge in [-0.1, -0.05) is 23.4 Å². The number of nitrogens with zero attached hydrogens (tertiary/aromatic N) is 3. The lowest BCUT2D eigenvalue weighted by atomic mass is 10.0. The van der Waals surface area contributed by atoms with Crippen LogP contribution in [0.5, 0.6) is 0 Å². The van der Waals surface area contributed by atoms with Crippen molar-refractivity contribution in [3.05, 3.63) is 87.7 Å². The van der Waals surface area contributed by atoms with Crippen molar-refractivity contribution in [2.24, 2.45) is 10.7 Å². The summed E-state index contributed by atoms with van der Waals surface area (Å²) in [6.07, 6.45) is 4.10. The van der Waals surface area contributed by atoms with Crippen LogP contribution >= 0.6 is 0 Å². The molecule has 0 unspecified atom stereocenters. The topological polar surface area (TPSA) is 130 Å². The Labute approximate surface area is 165 Å². The second kappa shape index (κ2) is 8.19. The summed E-state index contributed by atoms with van der Waals surface area (Å²) in [6, 6.07) is 7.87. The van der Waals surface area contributed by atoms with Gasteiger partial charge in [0.2, 0.25) is 0 Å². The SMILES string of the molecule is CC(C)(O)c1cnc(C(N)=CC(=NCc2ccccc2F)c2ccon2)[nH]c1=O. The third-order valence-corrected chi connectivity index (χ3v) is 4.10. The van der Waals surface area contributed by atoms with Crippen LogP contribution in [0.2, 0.25) is 0 Å². The van der Waals surface area contributed by atoms with E-state index >= 15 is 0 Å². The zero-order valence-electron chi connectivity index (χ0n) is 15.9. The molecule has 0 aliphatic carbocycles. The van der Waals surface area contributed by atoms with Crippen LogP contribution in [-0.4, -0.2) is 25.9 Å². The highest BCUT2D eigenvalue weighted by Gasteiger charge is 2.21. The van der Waals surface area contributed by atoms with Crippen LogP contribution in [0.1, 0.15) is 36.5 Å². The molecular formula is C20H20FN5O3. The smallest absolute Gasteiger partial charge is 0.257 e. The van der Waals surface area contributed by atoms with Crippen LogP contribution in [0, 0.1) is 5.82 Å². The van der Waals surface area contributed by atoms with Crippen molar-refractivity contribution >= 4 is 11.4 Å². The van der Waals surface area contributed by atoms with Gasteiger partial charge >= 0.3 is 0 Å². The first-order chi connectivity index (χ1) is 13.8. The summed E-state index contributed by atoms with van der Waals surface area (Å²) in [4.78, 5) is 23.2. The molecule has 150 valence electrons. The predicted octanol–water partition coefficient (Wildman–Crippen LogP) is 2.11. The summed E-state index contributed by atoms with van der Waals surface area (Å²) in [5.41, 5.74) is 5.57. The van der Waals surface area contributed by atoms with Crippen LogP contribution in [0.25, 0.3) is 5.70 Å². The van der Waals surface area contributed by atoms with E-state index in [1.807, 2.05) is 0 Å². The average Bonchev–Trinajstić information content (AvgIpc) is 3.19. The average molecular weight is 397 g/mol. The molecule has 29 heavy (non-hydrogen) atoms. The third-order valence-electron chi connectivity index (χ3n) is 4.10. The molecule has 2 aromatic heterocycles. The molecule has 3 rings (SSSR count). The largest absolute Gasteiger partial charge is 0.396 e. The van der Waals surface area contributed by atoms with E-state index in [9.17, 15) is 14.3 Å². The molecule has 9 heteroatoms. The molecule has 0 aliphatic rings. The highest BCUT2D eigenvalue weighted by Crippen LogP contribution is 2.15. The highest BCUT2D eigenvalue weighted by atomic mass is 19.1. The summed E-state index contributed by atoms with van der Waals surface area (Å²) in [7, 11) is 0. The van der Waals surface area contributed by atoms with Crippen LogP contribution in [0.3, 0.4) is 0 Å². The fraction of sp³-hybridized carbons (Fsp3) is 0.200. The van der Waals surface area contributed by atoms with E-state index in [-0.39, 0.29) is 29.4 Å². The number of hydrogen-bond acceptors (Lipinski definition) is 7. The standard InChI is InChI=1S/C20H20FN5O3/c1-20(2,28)13-11-24-18(25-19(13)27)15(22)9-17(16-7-8-29-26-16)23-10-12-5-3-4-6-14(12)21/h3-9,11,28H,10,22H2,1-2H3,(H,24,25,27). The van der Waals surface area contributed by atoms with Crippen molar-refractivity contribution in [2.45, 2.75) is 26.0 Å². The van der Waals surface area contributed by atoms with Gasteiger partial charge in [0.25, 0.3) is 5.56 Å². The Kier molecular flexibility index (Phi) is 5.69. The van der Waals surface area contributed by atoms with E-state index < -0.39 is 11.2 Å². The molecule has 0 radical (unpaired) electrons. The monoisotopic (exact) mass is 397 g/mol. The van der Waals surface area contributed by atoms with Gasteiger partial charge < -0.3 is 20.3 Å². The first kappa shape index (κ1) is 20.2. The minimum Gasteiger partial charge on any atom is -0.396 e. The lowest BCUT2D eigenvalue weighted by Gasteiger charge is -2.16. The summed E-state index contributed by atoms with van der Waals surface area (Å²) in [5, 5.41) is 13.8. The van der Waals surface area contributed by atoms with Gasteiger partial charge in [-0.25, -0.2) is 9.37 Å². The lowest BCUT2D eigenvalue weighted by molar-refractivity contribution is 0.0766. The molecule has 0 amide bonds. The number of aromatic nitrogens is 3. The molecule has 0 aliphatic heterocycles. The molecule has 8 nitrogen and oxygen atoms in total. The number of benzene rings is 1. The van der Waals surface area contributed by atoms with E-state index in [0.29, 0.717) is 17.0 Å². The Hall–Kier alpha value is -3.59. The Bertz CT molecular complexity index is 1110. The van der Waals surface area contributed by atoms with Gasteiger partial charge in [-0.15, -0.1) is 0 Å². The van der Waals surface area contributed by atoms with Gasteiger partial charge in [0.05, 0.1) is 29.1 Å². The van der Waals surface area contributed by atoms with Gasteiger partial charge in [-0.2, -0.15) is 0 Å². The number of aliphatic imine (C=N–C) groups is 1. The third kappa shape index (κ3) is 4.82. The summed E-state index contributed by atoms with van der Waals surface area (Å²) < 4.78 is 18.7. The highest BCUT2D eigenvalue weighted by molar-refractivity contribution is 6.10. The van der Waals surface area contributed by atoms with E-state index in [0.717, 1.165) is 0 Å². The maximum Gasteiger partial charge on any atom is 0.257 e. The van der Waals surface area contributed by atoms with Crippen molar-refractivity contribution in [3.63, 3.8) is 0 Å². The maximum atomic E-state index is 13.9. The van der Waals surface area contributed by atoms with Crippen molar-refractivity contribution < 1.29 is 14.0 Å². The van der Waals surface area contributed by atoms with E-state index in [2.05, 4.69) is 20.1 Å². The number of aromatic amines is 1. The molecule has 4 N–H and O–H groups in total. The fourth-order valence-electron chi connectivity index (χ4n) is 2.54. The number of hydrogen-bond donors (Lipinski definition) is 3. The van der Waals surface area contributed by atoms with Crippen LogP contribution in [0.15, 0.2) is 63.2 Å². The van der Waals surface area contributed by atoms with E-state index in [1.54, 1.807) is 24.3 Å². The second-order valence-corrected chi connectivity index (χ2v) is 6.81. The van der Waals surface area contributed by atoms with E-state index in [4.69, 9.17) is 10.3 Å². The minimum absolute atomic E-state index is 0.0558. The minimum atomic E-state index is -1.34. The Balaban J connectivity index is 1.96. The number of nitrogens with two attached hydrogens (primary N) is 1. The number of H-pyrrole nitrogens is 1. The Morgan fingerprint density at radius 1 is 1.38 bits per heavy atom. The van der Waals surface area contributed by atoms with Crippen molar-refractivity contribution in [2.75, 3.05) is 0 Å². The van der Waals surface area contributed by atoms with Gasteiger partial charge in [0, 0.05) is 17.8 Å². The molecular weight excluding hydrogens is 377 g/mol. The molecule has 0 spiro atoms. The first-order valence-corrected chi connectivity index (χ1v) is 8.74. The van der Waals surface area contributed by atoms with Crippen LogP contribution < -0.4 is 11.3 Å². The van der Waals surface area contributed by atoms with Crippen molar-refractivity contribution in [1.82, 2.24) is 15.1 Å². The molecule has 0 saturated heterocycles. The van der Waals surface area contributed by atoms with Gasteiger partial charge in [0.15, 0.2) is 5.82 Å². The lowest BCUT2D eigenvalue weighted by Crippen LogP contribution is -2.28. The zero-order valence-corrected chi connectivity index (χ0v) is 15.9. The predicted molar refractivity (Wildman–Crippen MR) is 105 cm³/mol.